The van der Waals surface area contributed by atoms with Crippen LogP contribution in [0, 0.1) is 0 Å². The van der Waals surface area contributed by atoms with E-state index in [1.54, 1.807) is 12.4 Å². The third kappa shape index (κ3) is 3.28. The molecule has 0 aliphatic rings. The zero-order chi connectivity index (χ0) is 11.4. The van der Waals surface area contributed by atoms with Gasteiger partial charge in [0.1, 0.15) is 11.9 Å². The lowest BCUT2D eigenvalue weighted by Crippen LogP contribution is -2.32. The first-order valence-corrected chi connectivity index (χ1v) is 4.80. The third-order valence-corrected chi connectivity index (χ3v) is 2.01. The average Bonchev–Trinajstić information content (AvgIpc) is 2.18. The van der Waals surface area contributed by atoms with E-state index < -0.39 is 12.0 Å². The maximum absolute atomic E-state index is 10.5. The molecule has 0 amide bonds. The quantitative estimate of drug-likeness (QED) is 0.756. The van der Waals surface area contributed by atoms with Crippen LogP contribution in [-0.4, -0.2) is 27.1 Å². The second-order valence-corrected chi connectivity index (χ2v) is 3.75. The summed E-state index contributed by atoms with van der Waals surface area (Å²) in [5, 5.41) is 8.62. The largest absolute Gasteiger partial charge is 0.480 e. The highest BCUT2D eigenvalue weighted by molar-refractivity contribution is 5.73. The van der Waals surface area contributed by atoms with Crippen molar-refractivity contribution in [1.29, 1.82) is 0 Å². The van der Waals surface area contributed by atoms with Crippen LogP contribution in [0.5, 0.6) is 0 Å². The predicted octanol–water partition coefficient (Wildman–Crippen LogP) is 0.554. The molecule has 0 bridgehead atoms. The van der Waals surface area contributed by atoms with E-state index in [0.29, 0.717) is 0 Å². The Morgan fingerprint density at radius 2 is 2.00 bits per heavy atom. The molecule has 0 spiro atoms. The molecular formula is C10H15N3O2. The van der Waals surface area contributed by atoms with Crippen LogP contribution in [-0.2, 0) is 11.2 Å². The van der Waals surface area contributed by atoms with Gasteiger partial charge in [-0.3, -0.25) is 4.79 Å². The molecule has 1 unspecified atom stereocenters. The summed E-state index contributed by atoms with van der Waals surface area (Å²) < 4.78 is 0. The molecule has 0 radical (unpaired) electrons. The molecule has 0 aliphatic heterocycles. The van der Waals surface area contributed by atoms with Crippen molar-refractivity contribution in [3.63, 3.8) is 0 Å². The van der Waals surface area contributed by atoms with Crippen molar-refractivity contribution in [3.05, 3.63) is 23.8 Å². The first-order valence-electron chi connectivity index (χ1n) is 4.80. The summed E-state index contributed by atoms with van der Waals surface area (Å²) in [6.45, 7) is 4.00. The Morgan fingerprint density at radius 3 is 2.40 bits per heavy atom. The maximum atomic E-state index is 10.5. The van der Waals surface area contributed by atoms with Crippen LogP contribution in [0.3, 0.4) is 0 Å². The number of hydrogen-bond acceptors (Lipinski definition) is 4. The number of carbonyl (C=O) groups is 1. The van der Waals surface area contributed by atoms with Gasteiger partial charge in [-0.15, -0.1) is 0 Å². The van der Waals surface area contributed by atoms with Crippen LogP contribution < -0.4 is 5.73 Å². The van der Waals surface area contributed by atoms with E-state index in [4.69, 9.17) is 10.8 Å². The SMILES string of the molecule is CC(C)c1ncc(CC(N)C(=O)O)cn1. The summed E-state index contributed by atoms with van der Waals surface area (Å²) in [5.41, 5.74) is 6.14. The van der Waals surface area contributed by atoms with Gasteiger partial charge in [-0.25, -0.2) is 9.97 Å². The fraction of sp³-hybridized carbons (Fsp3) is 0.500. The van der Waals surface area contributed by atoms with E-state index in [1.165, 1.54) is 0 Å². The van der Waals surface area contributed by atoms with Gasteiger partial charge in [0.15, 0.2) is 0 Å². The maximum Gasteiger partial charge on any atom is 0.320 e. The number of nitrogens with two attached hydrogens (primary N) is 1. The third-order valence-electron chi connectivity index (χ3n) is 2.01. The lowest BCUT2D eigenvalue weighted by Gasteiger charge is -2.07. The molecule has 82 valence electrons. The molecule has 1 aromatic heterocycles. The van der Waals surface area contributed by atoms with Gasteiger partial charge in [0.05, 0.1) is 0 Å². The fourth-order valence-corrected chi connectivity index (χ4v) is 1.11. The van der Waals surface area contributed by atoms with Gasteiger partial charge in [0.2, 0.25) is 0 Å². The van der Waals surface area contributed by atoms with Crippen molar-refractivity contribution in [1.82, 2.24) is 9.97 Å². The lowest BCUT2D eigenvalue weighted by molar-refractivity contribution is -0.138. The van der Waals surface area contributed by atoms with Gasteiger partial charge >= 0.3 is 5.97 Å². The minimum Gasteiger partial charge on any atom is -0.480 e. The number of carboxylic acids is 1. The van der Waals surface area contributed by atoms with E-state index in [-0.39, 0.29) is 12.3 Å². The molecule has 0 fully saturated rings. The second-order valence-electron chi connectivity index (χ2n) is 3.75. The standard InChI is InChI=1S/C10H15N3O2/c1-6(2)9-12-4-7(5-13-9)3-8(11)10(14)15/h4-6,8H,3,11H2,1-2H3,(H,14,15). The number of rotatable bonds is 4. The molecule has 5 heteroatoms. The lowest BCUT2D eigenvalue weighted by atomic mass is 10.1. The molecule has 0 saturated heterocycles. The minimum absolute atomic E-state index is 0.258. The number of carboxylic acid groups (broad SMARTS) is 1. The Balaban J connectivity index is 2.68. The number of aliphatic carboxylic acids is 1. The van der Waals surface area contributed by atoms with E-state index in [1.807, 2.05) is 13.8 Å². The van der Waals surface area contributed by atoms with Gasteiger partial charge in [0.25, 0.3) is 0 Å². The normalized spacial score (nSPS) is 12.8. The molecule has 0 aromatic carbocycles. The Kier molecular flexibility index (Phi) is 3.74. The monoisotopic (exact) mass is 209 g/mol. The van der Waals surface area contributed by atoms with Crippen LogP contribution in [0.25, 0.3) is 0 Å². The molecule has 5 nitrogen and oxygen atoms in total. The van der Waals surface area contributed by atoms with Gasteiger partial charge in [-0.2, -0.15) is 0 Å². The van der Waals surface area contributed by atoms with Crippen molar-refractivity contribution in [2.24, 2.45) is 5.73 Å². The molecule has 3 N–H and O–H groups in total. The van der Waals surface area contributed by atoms with Crippen molar-refractivity contribution >= 4 is 5.97 Å². The van der Waals surface area contributed by atoms with E-state index in [2.05, 4.69) is 9.97 Å². The summed E-state index contributed by atoms with van der Waals surface area (Å²) in [6, 6.07) is -0.890. The highest BCUT2D eigenvalue weighted by Gasteiger charge is 2.12. The summed E-state index contributed by atoms with van der Waals surface area (Å²) >= 11 is 0. The molecule has 1 atom stereocenters. The molecule has 0 saturated carbocycles. The van der Waals surface area contributed by atoms with Crippen molar-refractivity contribution < 1.29 is 9.90 Å². The van der Waals surface area contributed by atoms with Crippen LogP contribution in [0.4, 0.5) is 0 Å². The van der Waals surface area contributed by atoms with Crippen LogP contribution in [0.15, 0.2) is 12.4 Å². The smallest absolute Gasteiger partial charge is 0.320 e. The van der Waals surface area contributed by atoms with Crippen molar-refractivity contribution in [3.8, 4) is 0 Å². The van der Waals surface area contributed by atoms with Crippen molar-refractivity contribution in [2.45, 2.75) is 32.2 Å². The summed E-state index contributed by atoms with van der Waals surface area (Å²) in [4.78, 5) is 18.8. The predicted molar refractivity (Wildman–Crippen MR) is 55.4 cm³/mol. The zero-order valence-electron chi connectivity index (χ0n) is 8.84. The average molecular weight is 209 g/mol. The molecule has 1 rings (SSSR count). The Morgan fingerprint density at radius 1 is 1.47 bits per heavy atom. The first kappa shape index (κ1) is 11.6. The number of hydrogen-bond donors (Lipinski definition) is 2. The van der Waals surface area contributed by atoms with Gasteiger partial charge < -0.3 is 10.8 Å². The number of nitrogens with zero attached hydrogens (tertiary/aromatic N) is 2. The molecule has 0 aliphatic carbocycles. The van der Waals surface area contributed by atoms with Crippen LogP contribution in [0.2, 0.25) is 0 Å². The molecule has 15 heavy (non-hydrogen) atoms. The van der Waals surface area contributed by atoms with Gasteiger partial charge in [-0.1, -0.05) is 13.8 Å². The van der Waals surface area contributed by atoms with E-state index in [0.717, 1.165) is 11.4 Å². The summed E-state index contributed by atoms with van der Waals surface area (Å²) in [6.07, 6.45) is 3.52. The van der Waals surface area contributed by atoms with Crippen LogP contribution >= 0.6 is 0 Å². The minimum atomic E-state index is -1.01. The molecule has 1 heterocycles. The van der Waals surface area contributed by atoms with Gasteiger partial charge in [-0.05, 0) is 5.56 Å². The Bertz CT molecular complexity index is 335. The number of aromatic nitrogens is 2. The Hall–Kier alpha value is -1.49. The topological polar surface area (TPSA) is 89.1 Å². The van der Waals surface area contributed by atoms with Gasteiger partial charge in [0, 0.05) is 24.7 Å². The summed E-state index contributed by atoms with van der Waals surface area (Å²) in [5.74, 6) is 0.0118. The fourth-order valence-electron chi connectivity index (χ4n) is 1.11. The highest BCUT2D eigenvalue weighted by Crippen LogP contribution is 2.08. The second kappa shape index (κ2) is 4.84. The van der Waals surface area contributed by atoms with Crippen molar-refractivity contribution in [2.75, 3.05) is 0 Å². The molecular weight excluding hydrogens is 194 g/mol. The summed E-state index contributed by atoms with van der Waals surface area (Å²) in [7, 11) is 0. The highest BCUT2D eigenvalue weighted by atomic mass is 16.4. The zero-order valence-corrected chi connectivity index (χ0v) is 8.84. The molecule has 1 aromatic rings. The first-order chi connectivity index (χ1) is 7.00. The van der Waals surface area contributed by atoms with Crippen LogP contribution in [0.1, 0.15) is 31.2 Å². The Labute approximate surface area is 88.4 Å². The van der Waals surface area contributed by atoms with E-state index in [9.17, 15) is 4.79 Å². The van der Waals surface area contributed by atoms with E-state index >= 15 is 0 Å².